The molecule has 0 saturated heterocycles. The maximum Gasteiger partial charge on any atom is 0.211 e. The summed E-state index contributed by atoms with van der Waals surface area (Å²) in [6.07, 6.45) is 0.639. The molecule has 2 aromatic carbocycles. The van der Waals surface area contributed by atoms with Crippen LogP contribution in [-0.4, -0.2) is 6.41 Å². The monoisotopic (exact) mass is 285 g/mol. The van der Waals surface area contributed by atoms with Gasteiger partial charge in [0.05, 0.1) is 0 Å². The van der Waals surface area contributed by atoms with Crippen LogP contribution in [0, 0.1) is 12.7 Å². The van der Waals surface area contributed by atoms with E-state index in [0.29, 0.717) is 17.9 Å². The van der Waals surface area contributed by atoms with Gasteiger partial charge in [0.2, 0.25) is 6.41 Å². The quantitative estimate of drug-likeness (QED) is 0.709. The third kappa shape index (κ3) is 4.07. The van der Waals surface area contributed by atoms with Crippen molar-refractivity contribution in [2.45, 2.75) is 6.92 Å². The average Bonchev–Trinajstić information content (AvgIpc) is 2.42. The van der Waals surface area contributed by atoms with E-state index in [2.05, 4.69) is 22.5 Å². The van der Waals surface area contributed by atoms with Crippen molar-refractivity contribution in [1.29, 1.82) is 0 Å². The van der Waals surface area contributed by atoms with Crippen molar-refractivity contribution >= 4 is 23.5 Å². The largest absolute Gasteiger partial charge is 0.342 e. The number of anilines is 3. The minimum Gasteiger partial charge on any atom is -0.342 e. The molecule has 0 aromatic heterocycles. The van der Waals surface area contributed by atoms with Gasteiger partial charge in [-0.05, 0) is 48.9 Å². The summed E-state index contributed by atoms with van der Waals surface area (Å²) in [6, 6.07) is 11.6. The molecule has 0 heterocycles. The molecule has 0 spiro atoms. The second-order valence-electron chi connectivity index (χ2n) is 4.53. The molecule has 21 heavy (non-hydrogen) atoms. The molecule has 2 aromatic rings. The molecule has 5 heteroatoms. The molecule has 0 fully saturated rings. The standard InChI is InChI=1S/C16H16FN3O/c1-11-8-15(6-7-16(11)18-10-21)20-12(2)19-14-5-3-4-13(17)9-14/h3-10,19-20H,2H2,1H3,(H,18,21). The average molecular weight is 285 g/mol. The fourth-order valence-electron chi connectivity index (χ4n) is 1.91. The SMILES string of the molecule is C=C(Nc1cccc(F)c1)Nc1ccc(NC=O)c(C)c1. The predicted octanol–water partition coefficient (Wildman–Crippen LogP) is 3.70. The lowest BCUT2D eigenvalue weighted by Crippen LogP contribution is -2.08. The summed E-state index contributed by atoms with van der Waals surface area (Å²) in [6.45, 7) is 5.74. The summed E-state index contributed by atoms with van der Waals surface area (Å²) in [5.41, 5.74) is 3.10. The lowest BCUT2D eigenvalue weighted by molar-refractivity contribution is -0.105. The second kappa shape index (κ2) is 6.56. The smallest absolute Gasteiger partial charge is 0.211 e. The molecule has 108 valence electrons. The molecule has 0 aliphatic carbocycles. The molecule has 3 N–H and O–H groups in total. The van der Waals surface area contributed by atoms with E-state index < -0.39 is 0 Å². The molecule has 0 bridgehead atoms. The first kappa shape index (κ1) is 14.6. The zero-order valence-electron chi connectivity index (χ0n) is 11.6. The number of benzene rings is 2. The lowest BCUT2D eigenvalue weighted by atomic mass is 10.2. The van der Waals surface area contributed by atoms with E-state index in [0.717, 1.165) is 16.9 Å². The lowest BCUT2D eigenvalue weighted by Gasteiger charge is -2.14. The van der Waals surface area contributed by atoms with E-state index in [4.69, 9.17) is 0 Å². The Morgan fingerprint density at radius 1 is 1.14 bits per heavy atom. The molecule has 0 atom stereocenters. The fraction of sp³-hybridized carbons (Fsp3) is 0.0625. The Morgan fingerprint density at radius 3 is 2.48 bits per heavy atom. The first-order valence-corrected chi connectivity index (χ1v) is 6.38. The van der Waals surface area contributed by atoms with Gasteiger partial charge in [-0.2, -0.15) is 0 Å². The third-order valence-corrected chi connectivity index (χ3v) is 2.86. The summed E-state index contributed by atoms with van der Waals surface area (Å²) in [7, 11) is 0. The molecule has 0 aliphatic rings. The van der Waals surface area contributed by atoms with Crippen molar-refractivity contribution in [3.05, 3.63) is 66.2 Å². The molecule has 1 amide bonds. The van der Waals surface area contributed by atoms with Crippen LogP contribution in [0.2, 0.25) is 0 Å². The molecule has 0 saturated carbocycles. The minimum absolute atomic E-state index is 0.312. The Morgan fingerprint density at radius 2 is 1.86 bits per heavy atom. The van der Waals surface area contributed by atoms with Gasteiger partial charge in [0, 0.05) is 17.1 Å². The predicted molar refractivity (Wildman–Crippen MR) is 83.7 cm³/mol. The highest BCUT2D eigenvalue weighted by atomic mass is 19.1. The number of carbonyl (C=O) groups is 1. The van der Waals surface area contributed by atoms with E-state index in [1.165, 1.54) is 12.1 Å². The van der Waals surface area contributed by atoms with Crippen molar-refractivity contribution in [2.24, 2.45) is 0 Å². The zero-order valence-corrected chi connectivity index (χ0v) is 11.6. The number of hydrogen-bond donors (Lipinski definition) is 3. The van der Waals surface area contributed by atoms with Gasteiger partial charge in [0.25, 0.3) is 0 Å². The fourth-order valence-corrected chi connectivity index (χ4v) is 1.91. The van der Waals surface area contributed by atoms with Gasteiger partial charge in [-0.3, -0.25) is 4.79 Å². The van der Waals surface area contributed by atoms with Crippen LogP contribution in [0.25, 0.3) is 0 Å². The molecule has 0 aliphatic heterocycles. The van der Waals surface area contributed by atoms with E-state index in [1.54, 1.807) is 18.2 Å². The van der Waals surface area contributed by atoms with Crippen LogP contribution in [0.3, 0.4) is 0 Å². The maximum absolute atomic E-state index is 13.1. The Kier molecular flexibility index (Phi) is 4.56. The van der Waals surface area contributed by atoms with Gasteiger partial charge >= 0.3 is 0 Å². The molecule has 4 nitrogen and oxygen atoms in total. The highest BCUT2D eigenvalue weighted by Gasteiger charge is 2.01. The van der Waals surface area contributed by atoms with Gasteiger partial charge in [-0.25, -0.2) is 4.39 Å². The topological polar surface area (TPSA) is 53.2 Å². The first-order chi connectivity index (χ1) is 10.1. The van der Waals surface area contributed by atoms with Crippen LogP contribution in [0.4, 0.5) is 21.5 Å². The molecular formula is C16H16FN3O. The van der Waals surface area contributed by atoms with Crippen LogP contribution in [-0.2, 0) is 4.79 Å². The van der Waals surface area contributed by atoms with Crippen LogP contribution in [0.15, 0.2) is 54.9 Å². The van der Waals surface area contributed by atoms with Crippen LogP contribution in [0.1, 0.15) is 5.56 Å². The van der Waals surface area contributed by atoms with Crippen LogP contribution in [0.5, 0.6) is 0 Å². The summed E-state index contributed by atoms with van der Waals surface area (Å²) in [4.78, 5) is 10.4. The Hall–Kier alpha value is -2.82. The van der Waals surface area contributed by atoms with E-state index >= 15 is 0 Å². The van der Waals surface area contributed by atoms with Crippen molar-refractivity contribution in [3.8, 4) is 0 Å². The molecular weight excluding hydrogens is 269 g/mol. The van der Waals surface area contributed by atoms with E-state index in [-0.39, 0.29) is 5.82 Å². The molecule has 2 rings (SSSR count). The number of halogens is 1. The second-order valence-corrected chi connectivity index (χ2v) is 4.53. The van der Waals surface area contributed by atoms with Gasteiger partial charge in [-0.1, -0.05) is 12.6 Å². The number of aryl methyl sites for hydroxylation is 1. The maximum atomic E-state index is 13.1. The summed E-state index contributed by atoms with van der Waals surface area (Å²) >= 11 is 0. The Bertz CT molecular complexity index is 670. The first-order valence-electron chi connectivity index (χ1n) is 6.38. The number of rotatable bonds is 6. The van der Waals surface area contributed by atoms with Crippen molar-refractivity contribution in [1.82, 2.24) is 0 Å². The van der Waals surface area contributed by atoms with Gasteiger partial charge < -0.3 is 16.0 Å². The highest BCUT2D eigenvalue weighted by Crippen LogP contribution is 2.20. The third-order valence-electron chi connectivity index (χ3n) is 2.86. The number of hydrogen-bond acceptors (Lipinski definition) is 3. The minimum atomic E-state index is -0.312. The van der Waals surface area contributed by atoms with Crippen molar-refractivity contribution in [3.63, 3.8) is 0 Å². The highest BCUT2D eigenvalue weighted by molar-refractivity contribution is 5.75. The van der Waals surface area contributed by atoms with Crippen LogP contribution < -0.4 is 16.0 Å². The number of amides is 1. The number of nitrogens with one attached hydrogen (secondary N) is 3. The van der Waals surface area contributed by atoms with Crippen molar-refractivity contribution < 1.29 is 9.18 Å². The van der Waals surface area contributed by atoms with E-state index in [1.807, 2.05) is 19.1 Å². The van der Waals surface area contributed by atoms with Gasteiger partial charge in [0.15, 0.2) is 0 Å². The number of carbonyl (C=O) groups excluding carboxylic acids is 1. The summed E-state index contributed by atoms with van der Waals surface area (Å²) in [5, 5.41) is 8.66. The van der Waals surface area contributed by atoms with E-state index in [9.17, 15) is 9.18 Å². The van der Waals surface area contributed by atoms with Crippen molar-refractivity contribution in [2.75, 3.05) is 16.0 Å². The van der Waals surface area contributed by atoms with Gasteiger partial charge in [-0.15, -0.1) is 0 Å². The Labute approximate surface area is 122 Å². The summed E-state index contributed by atoms with van der Waals surface area (Å²) in [5.74, 6) is 0.212. The molecule has 0 unspecified atom stereocenters. The normalized spacial score (nSPS) is 9.81. The summed E-state index contributed by atoms with van der Waals surface area (Å²) < 4.78 is 13.1. The zero-order chi connectivity index (χ0) is 15.2. The van der Waals surface area contributed by atoms with Crippen LogP contribution >= 0.6 is 0 Å². The molecule has 0 radical (unpaired) electrons. The Balaban J connectivity index is 2.02. The van der Waals surface area contributed by atoms with Gasteiger partial charge in [0.1, 0.15) is 11.6 Å².